The van der Waals surface area contributed by atoms with Gasteiger partial charge in [0.25, 0.3) is 0 Å². The highest BCUT2D eigenvalue weighted by molar-refractivity contribution is 5.50. The molecule has 0 fully saturated rings. The van der Waals surface area contributed by atoms with Crippen molar-refractivity contribution >= 4 is 5.69 Å². The van der Waals surface area contributed by atoms with Gasteiger partial charge in [0.1, 0.15) is 11.5 Å². The van der Waals surface area contributed by atoms with E-state index in [9.17, 15) is 5.11 Å². The summed E-state index contributed by atoms with van der Waals surface area (Å²) in [6.45, 7) is 3.99. The third kappa shape index (κ3) is 3.19. The summed E-state index contributed by atoms with van der Waals surface area (Å²) in [7, 11) is 1.65. The Morgan fingerprint density at radius 2 is 1.79 bits per heavy atom. The number of rotatable bonds is 4. The van der Waals surface area contributed by atoms with Gasteiger partial charge in [0.2, 0.25) is 0 Å². The number of methoxy groups -OCH3 is 1. The second kappa shape index (κ2) is 5.65. The maximum absolute atomic E-state index is 9.96. The summed E-state index contributed by atoms with van der Waals surface area (Å²) >= 11 is 0. The van der Waals surface area contributed by atoms with E-state index in [0.717, 1.165) is 22.6 Å². The van der Waals surface area contributed by atoms with E-state index in [1.54, 1.807) is 13.2 Å². The van der Waals surface area contributed by atoms with Crippen LogP contribution in [-0.4, -0.2) is 12.2 Å². The minimum atomic E-state index is 0.0361. The molecule has 0 bridgehead atoms. The molecule has 0 aliphatic heterocycles. The van der Waals surface area contributed by atoms with E-state index in [4.69, 9.17) is 4.74 Å². The van der Waals surface area contributed by atoms with E-state index in [1.165, 1.54) is 0 Å². The first kappa shape index (κ1) is 13.3. The Hall–Kier alpha value is -2.16. The molecule has 0 amide bonds. The molecule has 1 unspecified atom stereocenters. The van der Waals surface area contributed by atoms with Crippen LogP contribution in [0.25, 0.3) is 0 Å². The molecular weight excluding hydrogens is 238 g/mol. The van der Waals surface area contributed by atoms with Gasteiger partial charge < -0.3 is 15.2 Å². The molecule has 2 aromatic carbocycles. The van der Waals surface area contributed by atoms with Gasteiger partial charge in [0.05, 0.1) is 13.2 Å². The van der Waals surface area contributed by atoms with Crippen molar-refractivity contribution in [3.8, 4) is 11.5 Å². The lowest BCUT2D eigenvalue weighted by molar-refractivity contribution is 0.415. The Bertz CT molecular complexity index is 549. The van der Waals surface area contributed by atoms with Crippen molar-refractivity contribution < 1.29 is 9.84 Å². The molecule has 2 rings (SSSR count). The van der Waals surface area contributed by atoms with Gasteiger partial charge in [-0.15, -0.1) is 0 Å². The van der Waals surface area contributed by atoms with Gasteiger partial charge in [0.15, 0.2) is 0 Å². The quantitative estimate of drug-likeness (QED) is 0.873. The fourth-order valence-electron chi connectivity index (χ4n) is 2.03. The number of hydrogen-bond donors (Lipinski definition) is 2. The smallest absolute Gasteiger partial charge is 0.121 e. The van der Waals surface area contributed by atoms with E-state index in [1.807, 2.05) is 50.2 Å². The van der Waals surface area contributed by atoms with Crippen molar-refractivity contribution in [1.29, 1.82) is 0 Å². The van der Waals surface area contributed by atoms with Crippen molar-refractivity contribution in [1.82, 2.24) is 0 Å². The third-order valence-electron chi connectivity index (χ3n) is 3.13. The summed E-state index contributed by atoms with van der Waals surface area (Å²) in [5.74, 6) is 1.16. The lowest BCUT2D eigenvalue weighted by Crippen LogP contribution is -2.06. The van der Waals surface area contributed by atoms with Crippen LogP contribution in [0.1, 0.15) is 24.1 Å². The highest BCUT2D eigenvalue weighted by atomic mass is 16.5. The summed E-state index contributed by atoms with van der Waals surface area (Å²) in [4.78, 5) is 0. The molecule has 2 N–H and O–H groups in total. The number of nitrogens with one attached hydrogen (secondary N) is 1. The monoisotopic (exact) mass is 257 g/mol. The molecular formula is C16H19NO2. The largest absolute Gasteiger partial charge is 0.508 e. The topological polar surface area (TPSA) is 41.5 Å². The Balaban J connectivity index is 2.13. The van der Waals surface area contributed by atoms with Gasteiger partial charge in [-0.05, 0) is 49.7 Å². The molecule has 3 heteroatoms. The lowest BCUT2D eigenvalue weighted by Gasteiger charge is -2.17. The lowest BCUT2D eigenvalue weighted by atomic mass is 10.0. The highest BCUT2D eigenvalue weighted by Crippen LogP contribution is 2.28. The van der Waals surface area contributed by atoms with Gasteiger partial charge in [0, 0.05) is 11.3 Å². The van der Waals surface area contributed by atoms with Crippen LogP contribution in [0, 0.1) is 6.92 Å². The zero-order chi connectivity index (χ0) is 13.8. The molecule has 0 saturated carbocycles. The standard InChI is InChI=1S/C16H19NO2/c1-11-4-9-15(16(18)10-11)12(2)17-13-5-7-14(19-3)8-6-13/h4-10,12,17-18H,1-3H3. The summed E-state index contributed by atoms with van der Waals surface area (Å²) in [6, 6.07) is 13.5. The van der Waals surface area contributed by atoms with Crippen LogP contribution in [0.4, 0.5) is 5.69 Å². The number of anilines is 1. The van der Waals surface area contributed by atoms with Crippen LogP contribution < -0.4 is 10.1 Å². The van der Waals surface area contributed by atoms with Crippen molar-refractivity contribution in [2.45, 2.75) is 19.9 Å². The average Bonchev–Trinajstić information content (AvgIpc) is 2.39. The Morgan fingerprint density at radius 3 is 2.37 bits per heavy atom. The van der Waals surface area contributed by atoms with Crippen molar-refractivity contribution in [2.75, 3.05) is 12.4 Å². The van der Waals surface area contributed by atoms with E-state index < -0.39 is 0 Å². The van der Waals surface area contributed by atoms with E-state index in [0.29, 0.717) is 5.75 Å². The SMILES string of the molecule is COc1ccc(NC(C)c2ccc(C)cc2O)cc1. The maximum Gasteiger partial charge on any atom is 0.121 e. The van der Waals surface area contributed by atoms with Crippen LogP contribution in [0.3, 0.4) is 0 Å². The van der Waals surface area contributed by atoms with Crippen LogP contribution in [-0.2, 0) is 0 Å². The predicted octanol–water partition coefficient (Wildman–Crippen LogP) is 3.88. The van der Waals surface area contributed by atoms with Gasteiger partial charge in [-0.25, -0.2) is 0 Å². The van der Waals surface area contributed by atoms with E-state index in [-0.39, 0.29) is 6.04 Å². The second-order valence-corrected chi connectivity index (χ2v) is 4.66. The summed E-state index contributed by atoms with van der Waals surface area (Å²) < 4.78 is 5.12. The molecule has 0 heterocycles. The molecule has 0 aliphatic rings. The Morgan fingerprint density at radius 1 is 1.11 bits per heavy atom. The van der Waals surface area contributed by atoms with E-state index in [2.05, 4.69) is 5.32 Å². The molecule has 2 aromatic rings. The van der Waals surface area contributed by atoms with Crippen LogP contribution in [0.2, 0.25) is 0 Å². The van der Waals surface area contributed by atoms with Gasteiger partial charge in [-0.3, -0.25) is 0 Å². The Labute approximate surface area is 113 Å². The summed E-state index contributed by atoms with van der Waals surface area (Å²) in [5, 5.41) is 13.3. The minimum absolute atomic E-state index is 0.0361. The number of phenolic OH excluding ortho intramolecular Hbond substituents is 1. The number of aromatic hydroxyl groups is 1. The third-order valence-corrected chi connectivity index (χ3v) is 3.13. The molecule has 100 valence electrons. The first-order chi connectivity index (χ1) is 9.10. The molecule has 0 aromatic heterocycles. The van der Waals surface area contributed by atoms with Crippen LogP contribution in [0.15, 0.2) is 42.5 Å². The molecule has 19 heavy (non-hydrogen) atoms. The van der Waals surface area contributed by atoms with Crippen LogP contribution >= 0.6 is 0 Å². The Kier molecular flexibility index (Phi) is 3.95. The molecule has 0 saturated heterocycles. The number of benzene rings is 2. The zero-order valence-electron chi connectivity index (χ0n) is 11.5. The molecule has 1 atom stereocenters. The van der Waals surface area contributed by atoms with Gasteiger partial charge >= 0.3 is 0 Å². The maximum atomic E-state index is 9.96. The highest BCUT2D eigenvalue weighted by Gasteiger charge is 2.10. The van der Waals surface area contributed by atoms with Gasteiger partial charge in [-0.2, -0.15) is 0 Å². The predicted molar refractivity (Wildman–Crippen MR) is 77.9 cm³/mol. The molecule has 3 nitrogen and oxygen atoms in total. The second-order valence-electron chi connectivity index (χ2n) is 4.66. The van der Waals surface area contributed by atoms with Crippen LogP contribution in [0.5, 0.6) is 11.5 Å². The van der Waals surface area contributed by atoms with E-state index >= 15 is 0 Å². The number of ether oxygens (including phenoxy) is 1. The first-order valence-corrected chi connectivity index (χ1v) is 6.30. The molecule has 0 radical (unpaired) electrons. The van der Waals surface area contributed by atoms with Crippen molar-refractivity contribution in [2.24, 2.45) is 0 Å². The first-order valence-electron chi connectivity index (χ1n) is 6.30. The summed E-state index contributed by atoms with van der Waals surface area (Å²) in [6.07, 6.45) is 0. The number of hydrogen-bond acceptors (Lipinski definition) is 3. The number of phenols is 1. The van der Waals surface area contributed by atoms with Crippen molar-refractivity contribution in [3.63, 3.8) is 0 Å². The fourth-order valence-corrected chi connectivity index (χ4v) is 2.03. The minimum Gasteiger partial charge on any atom is -0.508 e. The van der Waals surface area contributed by atoms with Crippen molar-refractivity contribution in [3.05, 3.63) is 53.6 Å². The molecule has 0 aliphatic carbocycles. The van der Waals surface area contributed by atoms with Gasteiger partial charge in [-0.1, -0.05) is 12.1 Å². The normalized spacial score (nSPS) is 11.9. The molecule has 0 spiro atoms. The number of aryl methyl sites for hydroxylation is 1. The zero-order valence-corrected chi connectivity index (χ0v) is 11.5. The average molecular weight is 257 g/mol. The summed E-state index contributed by atoms with van der Waals surface area (Å²) in [5.41, 5.74) is 2.94. The fraction of sp³-hybridized carbons (Fsp3) is 0.250.